The van der Waals surface area contributed by atoms with Crippen molar-refractivity contribution in [1.29, 1.82) is 0 Å². The molecule has 0 radical (unpaired) electrons. The summed E-state index contributed by atoms with van der Waals surface area (Å²) in [4.78, 5) is 4.98. The molecule has 3 aliphatic rings. The molecule has 4 heteroatoms. The molecule has 0 amide bonds. The first-order valence-corrected chi connectivity index (χ1v) is 8.46. The second-order valence-electron chi connectivity index (χ2n) is 6.98. The summed E-state index contributed by atoms with van der Waals surface area (Å²) in [7, 11) is 2.18. The van der Waals surface area contributed by atoms with Crippen LogP contribution in [0.5, 0.6) is 0 Å². The predicted molar refractivity (Wildman–Crippen MR) is 79.8 cm³/mol. The molecule has 4 nitrogen and oxygen atoms in total. The van der Waals surface area contributed by atoms with Crippen LogP contribution in [0.3, 0.4) is 0 Å². The highest BCUT2D eigenvalue weighted by Crippen LogP contribution is 2.34. The van der Waals surface area contributed by atoms with Crippen LogP contribution in [-0.2, 0) is 4.74 Å². The minimum Gasteiger partial charge on any atom is -0.393 e. The molecule has 4 unspecified atom stereocenters. The molecule has 0 spiro atoms. The van der Waals surface area contributed by atoms with Gasteiger partial charge in [0.25, 0.3) is 0 Å². The summed E-state index contributed by atoms with van der Waals surface area (Å²) in [5.74, 6) is 0.507. The Kier molecular flexibility index (Phi) is 4.97. The topological polar surface area (TPSA) is 35.9 Å². The molecule has 1 aliphatic carbocycles. The van der Waals surface area contributed by atoms with Crippen molar-refractivity contribution in [3.8, 4) is 0 Å². The highest BCUT2D eigenvalue weighted by Gasteiger charge is 2.37. The smallest absolute Gasteiger partial charge is 0.0829 e. The third kappa shape index (κ3) is 3.35. The van der Waals surface area contributed by atoms with E-state index in [2.05, 4.69) is 16.8 Å². The summed E-state index contributed by atoms with van der Waals surface area (Å²) >= 11 is 0. The van der Waals surface area contributed by atoms with Crippen molar-refractivity contribution >= 4 is 0 Å². The number of morpholine rings is 1. The van der Waals surface area contributed by atoms with Gasteiger partial charge in [-0.15, -0.1) is 0 Å². The van der Waals surface area contributed by atoms with Gasteiger partial charge in [0.15, 0.2) is 0 Å². The molecule has 0 bridgehead atoms. The number of nitrogens with zero attached hydrogens (tertiary/aromatic N) is 2. The van der Waals surface area contributed by atoms with Gasteiger partial charge in [-0.25, -0.2) is 0 Å². The van der Waals surface area contributed by atoms with Gasteiger partial charge < -0.3 is 14.7 Å². The minimum atomic E-state index is -0.0655. The third-order valence-electron chi connectivity index (χ3n) is 5.47. The summed E-state index contributed by atoms with van der Waals surface area (Å²) in [5, 5.41) is 10.3. The fraction of sp³-hybridized carbons (Fsp3) is 1.00. The predicted octanol–water partition coefficient (Wildman–Crippen LogP) is 1.33. The van der Waals surface area contributed by atoms with E-state index >= 15 is 0 Å². The molecule has 3 rings (SSSR count). The van der Waals surface area contributed by atoms with E-state index in [0.29, 0.717) is 18.1 Å². The zero-order valence-corrected chi connectivity index (χ0v) is 12.8. The second-order valence-corrected chi connectivity index (χ2v) is 6.98. The van der Waals surface area contributed by atoms with Gasteiger partial charge in [0.1, 0.15) is 0 Å². The van der Waals surface area contributed by atoms with Crippen LogP contribution in [0.4, 0.5) is 0 Å². The van der Waals surface area contributed by atoms with Crippen molar-refractivity contribution in [3.63, 3.8) is 0 Å². The Bertz CT molecular complexity index is 313. The van der Waals surface area contributed by atoms with Crippen molar-refractivity contribution in [3.05, 3.63) is 0 Å². The molecule has 20 heavy (non-hydrogen) atoms. The average Bonchev–Trinajstić information content (AvgIpc) is 2.87. The molecule has 3 fully saturated rings. The van der Waals surface area contributed by atoms with Gasteiger partial charge in [0, 0.05) is 31.6 Å². The number of likely N-dealkylation sites (N-methyl/N-ethyl adjacent to an activating group) is 1. The monoisotopic (exact) mass is 282 g/mol. The highest BCUT2D eigenvalue weighted by molar-refractivity contribution is 4.91. The first-order valence-electron chi connectivity index (χ1n) is 8.46. The molecule has 4 atom stereocenters. The van der Waals surface area contributed by atoms with Crippen molar-refractivity contribution in [2.24, 2.45) is 5.92 Å². The van der Waals surface area contributed by atoms with Crippen LogP contribution < -0.4 is 0 Å². The van der Waals surface area contributed by atoms with Gasteiger partial charge >= 0.3 is 0 Å². The maximum Gasteiger partial charge on any atom is 0.0829 e. The van der Waals surface area contributed by atoms with E-state index in [1.54, 1.807) is 0 Å². The lowest BCUT2D eigenvalue weighted by Crippen LogP contribution is -2.50. The van der Waals surface area contributed by atoms with Crippen LogP contribution in [-0.4, -0.2) is 73.0 Å². The fourth-order valence-corrected chi connectivity index (χ4v) is 4.39. The number of hydrogen-bond donors (Lipinski definition) is 1. The van der Waals surface area contributed by atoms with Crippen molar-refractivity contribution < 1.29 is 9.84 Å². The van der Waals surface area contributed by atoms with Gasteiger partial charge in [0.2, 0.25) is 0 Å². The molecular formula is C16H30N2O2. The zero-order valence-electron chi connectivity index (χ0n) is 12.8. The maximum absolute atomic E-state index is 10.3. The van der Waals surface area contributed by atoms with Crippen LogP contribution in [0.1, 0.15) is 38.5 Å². The lowest BCUT2D eigenvalue weighted by Gasteiger charge is -2.39. The van der Waals surface area contributed by atoms with E-state index in [-0.39, 0.29) is 6.10 Å². The van der Waals surface area contributed by atoms with Crippen molar-refractivity contribution in [2.75, 3.05) is 39.8 Å². The SMILES string of the molecule is CN1CCOC(CN2CCCC2C2CCCCC2O)C1. The Balaban J connectivity index is 1.57. The molecule has 1 saturated carbocycles. The number of likely N-dealkylation sites (tertiary alicyclic amines) is 1. The summed E-state index contributed by atoms with van der Waals surface area (Å²) in [6, 6.07) is 0.598. The molecule has 0 aromatic carbocycles. The standard InChI is InChI=1S/C16H30N2O2/c1-17-9-10-20-13(11-17)12-18-8-4-6-15(18)14-5-2-3-7-16(14)19/h13-16,19H,2-12H2,1H3. The lowest BCUT2D eigenvalue weighted by atomic mass is 9.80. The Morgan fingerprint density at radius 3 is 2.75 bits per heavy atom. The summed E-state index contributed by atoms with van der Waals surface area (Å²) in [6.45, 7) is 5.22. The van der Waals surface area contributed by atoms with Gasteiger partial charge in [-0.2, -0.15) is 0 Å². The van der Waals surface area contributed by atoms with E-state index in [1.807, 2.05) is 0 Å². The van der Waals surface area contributed by atoms with Gasteiger partial charge in [-0.05, 0) is 39.3 Å². The first-order chi connectivity index (χ1) is 9.74. The van der Waals surface area contributed by atoms with Crippen LogP contribution in [0, 0.1) is 5.92 Å². The Labute approximate surface area is 123 Å². The fourth-order valence-electron chi connectivity index (χ4n) is 4.39. The van der Waals surface area contributed by atoms with Crippen molar-refractivity contribution in [1.82, 2.24) is 9.80 Å². The van der Waals surface area contributed by atoms with Gasteiger partial charge in [-0.1, -0.05) is 12.8 Å². The summed E-state index contributed by atoms with van der Waals surface area (Å²) in [6.07, 6.45) is 7.58. The van der Waals surface area contributed by atoms with E-state index < -0.39 is 0 Å². The number of ether oxygens (including phenoxy) is 1. The van der Waals surface area contributed by atoms with E-state index in [0.717, 1.165) is 32.7 Å². The quantitative estimate of drug-likeness (QED) is 0.847. The van der Waals surface area contributed by atoms with E-state index in [9.17, 15) is 5.11 Å². The average molecular weight is 282 g/mol. The normalized spacial score (nSPS) is 41.1. The van der Waals surface area contributed by atoms with E-state index in [4.69, 9.17) is 4.74 Å². The van der Waals surface area contributed by atoms with Crippen LogP contribution in [0.15, 0.2) is 0 Å². The summed E-state index contributed by atoms with van der Waals surface area (Å²) in [5.41, 5.74) is 0. The molecule has 2 aliphatic heterocycles. The Morgan fingerprint density at radius 2 is 1.95 bits per heavy atom. The highest BCUT2D eigenvalue weighted by atomic mass is 16.5. The number of aliphatic hydroxyl groups is 1. The molecule has 116 valence electrons. The number of aliphatic hydroxyl groups excluding tert-OH is 1. The molecule has 0 aromatic heterocycles. The number of rotatable bonds is 3. The largest absolute Gasteiger partial charge is 0.393 e. The van der Waals surface area contributed by atoms with Crippen molar-refractivity contribution in [2.45, 2.75) is 56.8 Å². The second kappa shape index (κ2) is 6.73. The molecular weight excluding hydrogens is 252 g/mol. The molecule has 2 saturated heterocycles. The van der Waals surface area contributed by atoms with Crippen LogP contribution >= 0.6 is 0 Å². The van der Waals surface area contributed by atoms with Crippen LogP contribution in [0.25, 0.3) is 0 Å². The number of hydrogen-bond acceptors (Lipinski definition) is 4. The van der Waals surface area contributed by atoms with Gasteiger partial charge in [-0.3, -0.25) is 4.90 Å². The Hall–Kier alpha value is -0.160. The first kappa shape index (κ1) is 14.8. The van der Waals surface area contributed by atoms with Crippen LogP contribution in [0.2, 0.25) is 0 Å². The molecule has 0 aromatic rings. The zero-order chi connectivity index (χ0) is 13.9. The lowest BCUT2D eigenvalue weighted by molar-refractivity contribution is -0.0484. The third-order valence-corrected chi connectivity index (χ3v) is 5.47. The molecule has 1 N–H and O–H groups in total. The molecule has 2 heterocycles. The van der Waals surface area contributed by atoms with E-state index in [1.165, 1.54) is 38.6 Å². The van der Waals surface area contributed by atoms with Gasteiger partial charge in [0.05, 0.1) is 18.8 Å². The maximum atomic E-state index is 10.3. The summed E-state index contributed by atoms with van der Waals surface area (Å²) < 4.78 is 5.93. The minimum absolute atomic E-state index is 0.0655. The Morgan fingerprint density at radius 1 is 1.10 bits per heavy atom.